The van der Waals surface area contributed by atoms with Crippen molar-refractivity contribution in [3.63, 3.8) is 0 Å². The number of carbonyl (C=O) groups excluding carboxylic acids is 1. The highest BCUT2D eigenvalue weighted by Crippen LogP contribution is 2.34. The van der Waals surface area contributed by atoms with Crippen molar-refractivity contribution in [3.8, 4) is 5.75 Å². The van der Waals surface area contributed by atoms with Gasteiger partial charge in [0.1, 0.15) is 5.75 Å². The van der Waals surface area contributed by atoms with Crippen LogP contribution in [0.25, 0.3) is 0 Å². The van der Waals surface area contributed by atoms with Crippen LogP contribution in [-0.4, -0.2) is 47.8 Å². The van der Waals surface area contributed by atoms with Gasteiger partial charge < -0.3 is 4.74 Å². The summed E-state index contributed by atoms with van der Waals surface area (Å²) in [5.74, 6) is 0.892. The summed E-state index contributed by atoms with van der Waals surface area (Å²) in [6.45, 7) is 5.72. The van der Waals surface area contributed by atoms with E-state index in [1.165, 1.54) is 12.0 Å². The van der Waals surface area contributed by atoms with Crippen LogP contribution in [0.15, 0.2) is 53.6 Å². The van der Waals surface area contributed by atoms with Crippen LogP contribution in [0.2, 0.25) is 0 Å². The highest BCUT2D eigenvalue weighted by Gasteiger charge is 2.34. The van der Waals surface area contributed by atoms with Gasteiger partial charge in [-0.25, -0.2) is 5.01 Å². The molecule has 4 rings (SSSR count). The molecule has 2 atom stereocenters. The second kappa shape index (κ2) is 9.00. The van der Waals surface area contributed by atoms with E-state index in [2.05, 4.69) is 43.0 Å². The first kappa shape index (κ1) is 20.6. The van der Waals surface area contributed by atoms with Gasteiger partial charge in [-0.15, -0.1) is 0 Å². The Morgan fingerprint density at radius 1 is 1.17 bits per heavy atom. The van der Waals surface area contributed by atoms with Gasteiger partial charge in [-0.2, -0.15) is 5.10 Å². The Balaban J connectivity index is 1.61. The lowest BCUT2D eigenvalue weighted by Gasteiger charge is -2.34. The van der Waals surface area contributed by atoms with Crippen molar-refractivity contribution >= 4 is 11.6 Å². The molecule has 158 valence electrons. The maximum absolute atomic E-state index is 13.4. The Labute approximate surface area is 179 Å². The number of hydrazone groups is 1. The topological polar surface area (TPSA) is 45.1 Å². The number of methoxy groups -OCH3 is 1. The SMILES string of the molecule is COc1ccc([C@H]2CC(c3cccc(C)c3)=NN2C(=O)CN2CCCC[C@H]2C)cc1. The molecule has 1 saturated heterocycles. The standard InChI is InChI=1S/C25H31N3O2/c1-18-7-6-9-21(15-18)23-16-24(20-10-12-22(30-3)13-11-20)28(26-23)25(29)17-27-14-5-4-8-19(27)2/h6-7,9-13,15,19,24H,4-5,8,14,16-17H2,1-3H3/t19-,24-/m1/s1. The minimum atomic E-state index is -0.0842. The predicted octanol–water partition coefficient (Wildman–Crippen LogP) is 4.56. The molecular formula is C25H31N3O2. The van der Waals surface area contributed by atoms with Crippen LogP contribution in [0.1, 0.15) is 55.3 Å². The van der Waals surface area contributed by atoms with Crippen molar-refractivity contribution in [2.75, 3.05) is 20.2 Å². The molecule has 0 radical (unpaired) electrons. The van der Waals surface area contributed by atoms with Gasteiger partial charge in [-0.3, -0.25) is 9.69 Å². The van der Waals surface area contributed by atoms with E-state index in [-0.39, 0.29) is 11.9 Å². The third kappa shape index (κ3) is 4.41. The molecule has 0 spiro atoms. The number of likely N-dealkylation sites (tertiary alicyclic amines) is 1. The van der Waals surface area contributed by atoms with Crippen LogP contribution >= 0.6 is 0 Å². The fraction of sp³-hybridized carbons (Fsp3) is 0.440. The quantitative estimate of drug-likeness (QED) is 0.733. The maximum Gasteiger partial charge on any atom is 0.257 e. The lowest BCUT2D eigenvalue weighted by atomic mass is 9.97. The molecule has 1 fully saturated rings. The molecule has 0 bridgehead atoms. The van der Waals surface area contributed by atoms with Crippen molar-refractivity contribution in [1.82, 2.24) is 9.91 Å². The molecule has 0 saturated carbocycles. The lowest BCUT2D eigenvalue weighted by molar-refractivity contribution is -0.135. The Morgan fingerprint density at radius 3 is 2.67 bits per heavy atom. The largest absolute Gasteiger partial charge is 0.497 e. The van der Waals surface area contributed by atoms with Gasteiger partial charge in [-0.1, -0.05) is 48.4 Å². The summed E-state index contributed by atoms with van der Waals surface area (Å²) in [6, 6.07) is 16.7. The van der Waals surface area contributed by atoms with Gasteiger partial charge in [-0.05, 0) is 56.5 Å². The van der Waals surface area contributed by atoms with Crippen LogP contribution in [-0.2, 0) is 4.79 Å². The van der Waals surface area contributed by atoms with Gasteiger partial charge in [0.15, 0.2) is 0 Å². The smallest absolute Gasteiger partial charge is 0.257 e. The minimum absolute atomic E-state index is 0.0761. The van der Waals surface area contributed by atoms with Crippen LogP contribution in [0.5, 0.6) is 5.75 Å². The highest BCUT2D eigenvalue weighted by molar-refractivity contribution is 6.03. The summed E-state index contributed by atoms with van der Waals surface area (Å²) in [5, 5.41) is 6.56. The Hall–Kier alpha value is -2.66. The molecule has 0 N–H and O–H groups in total. The van der Waals surface area contributed by atoms with Crippen molar-refractivity contribution in [2.45, 2.75) is 51.6 Å². The fourth-order valence-corrected chi connectivity index (χ4v) is 4.46. The second-order valence-corrected chi connectivity index (χ2v) is 8.46. The molecule has 2 aliphatic heterocycles. The highest BCUT2D eigenvalue weighted by atomic mass is 16.5. The van der Waals surface area contributed by atoms with Crippen molar-refractivity contribution in [3.05, 3.63) is 65.2 Å². The summed E-state index contributed by atoms with van der Waals surface area (Å²) >= 11 is 0. The summed E-state index contributed by atoms with van der Waals surface area (Å²) in [6.07, 6.45) is 4.29. The molecular weight excluding hydrogens is 374 g/mol. The number of carbonyl (C=O) groups is 1. The van der Waals surface area contributed by atoms with E-state index in [4.69, 9.17) is 9.84 Å². The van der Waals surface area contributed by atoms with Crippen LogP contribution in [0.4, 0.5) is 0 Å². The summed E-state index contributed by atoms with van der Waals surface area (Å²) in [5.41, 5.74) is 4.35. The zero-order valence-corrected chi connectivity index (χ0v) is 18.2. The van der Waals surface area contributed by atoms with Gasteiger partial charge in [0.25, 0.3) is 5.91 Å². The molecule has 30 heavy (non-hydrogen) atoms. The average Bonchev–Trinajstić information content (AvgIpc) is 3.21. The number of nitrogens with zero attached hydrogens (tertiary/aromatic N) is 3. The van der Waals surface area contributed by atoms with Gasteiger partial charge >= 0.3 is 0 Å². The monoisotopic (exact) mass is 405 g/mol. The Bertz CT molecular complexity index is 922. The molecule has 5 nitrogen and oxygen atoms in total. The van der Waals surface area contributed by atoms with Crippen LogP contribution in [0, 0.1) is 6.92 Å². The predicted molar refractivity (Wildman–Crippen MR) is 120 cm³/mol. The zero-order chi connectivity index (χ0) is 21.1. The number of hydrogen-bond donors (Lipinski definition) is 0. The van der Waals surface area contributed by atoms with E-state index in [0.29, 0.717) is 12.6 Å². The van der Waals surface area contributed by atoms with E-state index >= 15 is 0 Å². The fourth-order valence-electron chi connectivity index (χ4n) is 4.46. The van der Waals surface area contributed by atoms with Crippen molar-refractivity contribution < 1.29 is 9.53 Å². The molecule has 2 aromatic rings. The third-order valence-electron chi connectivity index (χ3n) is 6.30. The van der Waals surface area contributed by atoms with E-state index < -0.39 is 0 Å². The van der Waals surface area contributed by atoms with Crippen molar-refractivity contribution in [2.24, 2.45) is 5.10 Å². The van der Waals surface area contributed by atoms with E-state index in [9.17, 15) is 4.79 Å². The molecule has 2 aromatic carbocycles. The van der Waals surface area contributed by atoms with Gasteiger partial charge in [0.2, 0.25) is 0 Å². The number of rotatable bonds is 5. The summed E-state index contributed by atoms with van der Waals surface area (Å²) in [7, 11) is 1.67. The number of amides is 1. The molecule has 0 aromatic heterocycles. The van der Waals surface area contributed by atoms with E-state index in [1.54, 1.807) is 12.1 Å². The number of hydrogen-bond acceptors (Lipinski definition) is 4. The van der Waals surface area contributed by atoms with Crippen molar-refractivity contribution in [1.29, 1.82) is 0 Å². The average molecular weight is 406 g/mol. The molecule has 1 amide bonds. The van der Waals surface area contributed by atoms with E-state index in [1.807, 2.05) is 24.3 Å². The Morgan fingerprint density at radius 2 is 1.97 bits per heavy atom. The molecule has 2 heterocycles. The maximum atomic E-state index is 13.4. The van der Waals surface area contributed by atoms with Gasteiger partial charge in [0, 0.05) is 12.5 Å². The molecule has 5 heteroatoms. The molecule has 0 unspecified atom stereocenters. The number of piperidine rings is 1. The van der Waals surface area contributed by atoms with Gasteiger partial charge in [0.05, 0.1) is 25.4 Å². The minimum Gasteiger partial charge on any atom is -0.497 e. The first-order valence-electron chi connectivity index (χ1n) is 10.9. The first-order chi connectivity index (χ1) is 14.5. The van der Waals surface area contributed by atoms with Crippen LogP contribution in [0.3, 0.4) is 0 Å². The zero-order valence-electron chi connectivity index (χ0n) is 18.2. The van der Waals surface area contributed by atoms with Crippen LogP contribution < -0.4 is 4.74 Å². The number of aryl methyl sites for hydroxylation is 1. The third-order valence-corrected chi connectivity index (χ3v) is 6.30. The second-order valence-electron chi connectivity index (χ2n) is 8.46. The molecule has 2 aliphatic rings. The normalized spacial score (nSPS) is 22.1. The first-order valence-corrected chi connectivity index (χ1v) is 10.9. The lowest BCUT2D eigenvalue weighted by Crippen LogP contribution is -2.44. The summed E-state index contributed by atoms with van der Waals surface area (Å²) in [4.78, 5) is 15.7. The Kier molecular flexibility index (Phi) is 6.18. The van der Waals surface area contributed by atoms with E-state index in [0.717, 1.165) is 48.4 Å². The number of ether oxygens (including phenoxy) is 1. The summed E-state index contributed by atoms with van der Waals surface area (Å²) < 4.78 is 5.31. The number of benzene rings is 2. The molecule has 0 aliphatic carbocycles.